The Morgan fingerprint density at radius 3 is 2.44 bits per heavy atom. The topological polar surface area (TPSA) is 82.3 Å². The third kappa shape index (κ3) is 3.53. The van der Waals surface area contributed by atoms with Crippen LogP contribution in [0.3, 0.4) is 0 Å². The Hall–Kier alpha value is -1.58. The van der Waals surface area contributed by atoms with Crippen LogP contribution in [0.25, 0.3) is 0 Å². The maximum Gasteiger partial charge on any atom is 0.251 e. The molecule has 1 aromatic rings. The Bertz CT molecular complexity index is 543. The van der Waals surface area contributed by atoms with E-state index in [9.17, 15) is 8.42 Å². The van der Waals surface area contributed by atoms with Gasteiger partial charge in [-0.15, -0.1) is 0 Å². The van der Waals surface area contributed by atoms with Crippen molar-refractivity contribution in [2.75, 3.05) is 11.7 Å². The van der Waals surface area contributed by atoms with Crippen LogP contribution >= 0.6 is 11.6 Å². The van der Waals surface area contributed by atoms with E-state index in [0.717, 1.165) is 6.26 Å². The van der Waals surface area contributed by atoms with Crippen LogP contribution < -0.4 is 5.43 Å². The zero-order valence-electron chi connectivity index (χ0n) is 8.31. The first-order valence-corrected chi connectivity index (χ1v) is 6.40. The summed E-state index contributed by atoms with van der Waals surface area (Å²) in [7, 11) is -3.59. The van der Waals surface area contributed by atoms with Gasteiger partial charge in [-0.25, -0.2) is 8.42 Å². The van der Waals surface area contributed by atoms with Gasteiger partial charge >= 0.3 is 0 Å². The first-order valence-electron chi connectivity index (χ1n) is 4.13. The first kappa shape index (κ1) is 12.5. The number of rotatable bonds is 2. The molecule has 1 rings (SSSR count). The van der Waals surface area contributed by atoms with Gasteiger partial charge in [-0.2, -0.15) is 10.4 Å². The van der Waals surface area contributed by atoms with E-state index in [1.165, 1.54) is 6.07 Å². The van der Waals surface area contributed by atoms with Crippen molar-refractivity contribution in [2.24, 2.45) is 5.10 Å². The third-order valence-corrected chi connectivity index (χ3v) is 2.71. The van der Waals surface area contributed by atoms with Crippen molar-refractivity contribution in [2.45, 2.75) is 0 Å². The lowest BCUT2D eigenvalue weighted by Crippen LogP contribution is -2.12. The summed E-state index contributed by atoms with van der Waals surface area (Å²) in [4.78, 5) is 0. The maximum absolute atomic E-state index is 11.0. The predicted molar refractivity (Wildman–Crippen MR) is 63.0 cm³/mol. The minimum Gasteiger partial charge on any atom is -0.277 e. The Morgan fingerprint density at radius 2 is 2.00 bits per heavy atom. The fourth-order valence-electron chi connectivity index (χ4n) is 0.831. The summed E-state index contributed by atoms with van der Waals surface area (Å²) in [6, 6.07) is 7.96. The van der Waals surface area contributed by atoms with Crippen LogP contribution in [-0.4, -0.2) is 19.7 Å². The molecule has 0 fully saturated rings. The number of benzene rings is 1. The molecule has 0 aliphatic heterocycles. The second kappa shape index (κ2) is 4.96. The van der Waals surface area contributed by atoms with Gasteiger partial charge in [0.2, 0.25) is 9.84 Å². The molecule has 0 radical (unpaired) electrons. The van der Waals surface area contributed by atoms with Crippen LogP contribution in [0.2, 0.25) is 5.02 Å². The highest BCUT2D eigenvalue weighted by atomic mass is 35.5. The number of hydrazone groups is 1. The number of nitrogens with one attached hydrogen (secondary N) is 1. The Labute approximate surface area is 98.3 Å². The second-order valence-electron chi connectivity index (χ2n) is 2.92. The highest BCUT2D eigenvalue weighted by Crippen LogP contribution is 2.13. The molecule has 0 saturated carbocycles. The molecule has 84 valence electrons. The fourth-order valence-corrected chi connectivity index (χ4v) is 1.33. The van der Waals surface area contributed by atoms with Gasteiger partial charge in [0.05, 0.1) is 5.69 Å². The van der Waals surface area contributed by atoms with Crippen molar-refractivity contribution in [3.8, 4) is 6.07 Å². The molecule has 5 nitrogen and oxygen atoms in total. The molecule has 16 heavy (non-hydrogen) atoms. The quantitative estimate of drug-likeness (QED) is 0.496. The van der Waals surface area contributed by atoms with Crippen LogP contribution in [0.5, 0.6) is 0 Å². The Balaban J connectivity index is 2.88. The van der Waals surface area contributed by atoms with E-state index < -0.39 is 14.9 Å². The van der Waals surface area contributed by atoms with E-state index >= 15 is 0 Å². The highest BCUT2D eigenvalue weighted by Gasteiger charge is 2.12. The molecule has 7 heteroatoms. The highest BCUT2D eigenvalue weighted by molar-refractivity contribution is 8.06. The third-order valence-electron chi connectivity index (χ3n) is 1.58. The molecule has 0 unspecified atom stereocenters. The molecule has 0 aromatic heterocycles. The zero-order chi connectivity index (χ0) is 12.2. The lowest BCUT2D eigenvalue weighted by Gasteiger charge is -2.00. The molecule has 0 aliphatic rings. The molecular weight excluding hydrogens is 250 g/mol. The summed E-state index contributed by atoms with van der Waals surface area (Å²) in [6.45, 7) is 0. The van der Waals surface area contributed by atoms with Gasteiger partial charge in [0.25, 0.3) is 5.04 Å². The van der Waals surface area contributed by atoms with Crippen molar-refractivity contribution < 1.29 is 8.42 Å². The summed E-state index contributed by atoms with van der Waals surface area (Å²) in [6.07, 6.45) is 0.915. The summed E-state index contributed by atoms with van der Waals surface area (Å²) in [5.41, 5.74) is 3.00. The molecular formula is C9H8ClN3O2S. The second-order valence-corrected chi connectivity index (χ2v) is 5.29. The number of nitriles is 1. The minimum absolute atomic E-state index is 0.542. The predicted octanol–water partition coefficient (Wildman–Crippen LogP) is 1.63. The van der Waals surface area contributed by atoms with Gasteiger partial charge in [0.1, 0.15) is 6.07 Å². The summed E-state index contributed by atoms with van der Waals surface area (Å²) >= 11 is 5.66. The van der Waals surface area contributed by atoms with Gasteiger partial charge in [0, 0.05) is 11.3 Å². The molecule has 0 atom stereocenters. The number of sulfone groups is 1. The van der Waals surface area contributed by atoms with Crippen molar-refractivity contribution in [1.29, 1.82) is 5.26 Å². The van der Waals surface area contributed by atoms with E-state index in [1.807, 2.05) is 0 Å². The van der Waals surface area contributed by atoms with Crippen molar-refractivity contribution in [3.05, 3.63) is 29.3 Å². The summed E-state index contributed by atoms with van der Waals surface area (Å²) in [5.74, 6) is 0. The van der Waals surface area contributed by atoms with E-state index in [-0.39, 0.29) is 0 Å². The van der Waals surface area contributed by atoms with Crippen LogP contribution in [-0.2, 0) is 9.84 Å². The lowest BCUT2D eigenvalue weighted by atomic mass is 10.3. The Morgan fingerprint density at radius 1 is 1.44 bits per heavy atom. The van der Waals surface area contributed by atoms with Gasteiger partial charge in [-0.05, 0) is 24.3 Å². The number of hydrogen-bond donors (Lipinski definition) is 1. The van der Waals surface area contributed by atoms with E-state index in [4.69, 9.17) is 16.9 Å². The number of nitrogens with zero attached hydrogens (tertiary/aromatic N) is 2. The van der Waals surface area contributed by atoms with Crippen molar-refractivity contribution in [3.63, 3.8) is 0 Å². The number of hydrogen-bond acceptors (Lipinski definition) is 5. The van der Waals surface area contributed by atoms with Crippen LogP contribution in [0.4, 0.5) is 5.69 Å². The van der Waals surface area contributed by atoms with E-state index in [1.54, 1.807) is 24.3 Å². The molecule has 0 bridgehead atoms. The van der Waals surface area contributed by atoms with Crippen molar-refractivity contribution >= 4 is 32.2 Å². The molecule has 1 N–H and O–H groups in total. The molecule has 0 spiro atoms. The molecule has 0 aliphatic carbocycles. The Kier molecular flexibility index (Phi) is 3.88. The van der Waals surface area contributed by atoms with Crippen LogP contribution in [0.15, 0.2) is 29.4 Å². The normalized spacial score (nSPS) is 11.9. The average Bonchev–Trinajstić information content (AvgIpc) is 2.19. The SMILES string of the molecule is CS(=O)(=O)/C(C#N)=N/Nc1ccc(Cl)cc1. The molecule has 0 saturated heterocycles. The molecule has 1 aromatic carbocycles. The van der Waals surface area contributed by atoms with Gasteiger partial charge < -0.3 is 0 Å². The van der Waals surface area contributed by atoms with E-state index in [0.29, 0.717) is 10.7 Å². The van der Waals surface area contributed by atoms with Crippen molar-refractivity contribution in [1.82, 2.24) is 0 Å². The van der Waals surface area contributed by atoms with Gasteiger partial charge in [-0.1, -0.05) is 11.6 Å². The smallest absolute Gasteiger partial charge is 0.251 e. The van der Waals surface area contributed by atoms with Gasteiger partial charge in [-0.3, -0.25) is 5.43 Å². The summed E-state index contributed by atoms with van der Waals surface area (Å²) < 4.78 is 22.0. The minimum atomic E-state index is -3.59. The standard InChI is InChI=1S/C9H8ClN3O2S/c1-16(14,15)9(6-11)13-12-8-4-2-7(10)3-5-8/h2-5,12H,1H3/b13-9+. The summed E-state index contributed by atoms with van der Waals surface area (Å²) in [5, 5.41) is 12.0. The maximum atomic E-state index is 11.0. The van der Waals surface area contributed by atoms with Gasteiger partial charge in [0.15, 0.2) is 0 Å². The van der Waals surface area contributed by atoms with E-state index in [2.05, 4.69) is 10.5 Å². The number of anilines is 1. The van der Waals surface area contributed by atoms with Crippen LogP contribution in [0, 0.1) is 11.3 Å². The number of halogens is 1. The average molecular weight is 258 g/mol. The zero-order valence-corrected chi connectivity index (χ0v) is 9.88. The molecule has 0 heterocycles. The van der Waals surface area contributed by atoms with Crippen LogP contribution in [0.1, 0.15) is 0 Å². The first-order chi connectivity index (χ1) is 7.43. The largest absolute Gasteiger partial charge is 0.277 e. The monoisotopic (exact) mass is 257 g/mol. The lowest BCUT2D eigenvalue weighted by molar-refractivity contribution is 0.612. The molecule has 0 amide bonds. The fraction of sp³-hybridized carbons (Fsp3) is 0.111.